The zero-order chi connectivity index (χ0) is 11.6. The smallest absolute Gasteiger partial charge is 0.337 e. The lowest BCUT2D eigenvalue weighted by atomic mass is 10.1. The Hall–Kier alpha value is -0.310. The highest BCUT2D eigenvalue weighted by molar-refractivity contribution is 14.1. The Kier molecular flexibility index (Phi) is 4.38. The number of carboxylic acid groups (broad SMARTS) is 1. The normalized spacial score (nSPS) is 10.7. The lowest BCUT2D eigenvalue weighted by Crippen LogP contribution is -2.09. The second-order valence-electron chi connectivity index (χ2n) is 2.58. The summed E-state index contributed by atoms with van der Waals surface area (Å²) in [7, 11) is 0. The molecule has 0 saturated carbocycles. The minimum Gasteiger partial charge on any atom is -0.478 e. The third kappa shape index (κ3) is 2.63. The van der Waals surface area contributed by atoms with E-state index in [1.807, 2.05) is 0 Å². The summed E-state index contributed by atoms with van der Waals surface area (Å²) in [4.78, 5) is 14.4. The first kappa shape index (κ1) is 12.8. The number of halogens is 4. The van der Waals surface area contributed by atoms with Gasteiger partial charge >= 0.3 is 5.97 Å². The van der Waals surface area contributed by atoms with Crippen molar-refractivity contribution in [2.75, 3.05) is 0 Å². The maximum atomic E-state index is 12.5. The van der Waals surface area contributed by atoms with Gasteiger partial charge in [0.2, 0.25) is 0 Å². The molecule has 0 unspecified atom stereocenters. The summed E-state index contributed by atoms with van der Waals surface area (Å²) in [5.74, 6) is -1.22. The molecule has 1 heterocycles. The summed E-state index contributed by atoms with van der Waals surface area (Å²) in [5.41, 5.74) is -0.563. The molecule has 0 atom stereocenters. The largest absolute Gasteiger partial charge is 0.478 e. The fraction of sp³-hybridized carbons (Fsp3) is 0.250. The van der Waals surface area contributed by atoms with Crippen LogP contribution in [0.15, 0.2) is 6.20 Å². The maximum Gasteiger partial charge on any atom is 0.337 e. The van der Waals surface area contributed by atoms with Crippen molar-refractivity contribution >= 4 is 44.5 Å². The number of alkyl halides is 3. The lowest BCUT2D eigenvalue weighted by Gasteiger charge is -2.10. The van der Waals surface area contributed by atoms with Gasteiger partial charge in [-0.15, -0.1) is 0 Å². The third-order valence-corrected chi connectivity index (χ3v) is 3.10. The number of nitrogens with zero attached hydrogens (tertiary/aromatic N) is 1. The Morgan fingerprint density at radius 3 is 2.67 bits per heavy atom. The number of rotatable bonds is 3. The van der Waals surface area contributed by atoms with Crippen LogP contribution in [0.5, 0.6) is 0 Å². The molecule has 1 aromatic rings. The number of aromatic nitrogens is 1. The Morgan fingerprint density at radius 1 is 1.67 bits per heavy atom. The number of pyridine rings is 1. The summed E-state index contributed by atoms with van der Waals surface area (Å²) < 4.78 is 25.4. The van der Waals surface area contributed by atoms with E-state index in [9.17, 15) is 13.6 Å². The first-order valence-electron chi connectivity index (χ1n) is 3.73. The highest BCUT2D eigenvalue weighted by Gasteiger charge is 2.22. The van der Waals surface area contributed by atoms with Crippen LogP contribution in [0, 0.1) is 3.57 Å². The molecule has 1 aromatic heterocycles. The summed E-state index contributed by atoms with van der Waals surface area (Å²) in [6, 6.07) is 0. The fourth-order valence-corrected chi connectivity index (χ4v) is 2.36. The molecular formula is C8H5BrF2INO2. The standard InChI is InChI=1S/C8H5BrF2INO2/c9-1-3-5(8(14)15)4(12)2-13-6(3)7(10)11/h2,7H,1H2,(H,14,15). The van der Waals surface area contributed by atoms with E-state index in [0.717, 1.165) is 6.20 Å². The molecule has 0 bridgehead atoms. The maximum absolute atomic E-state index is 12.5. The Bertz CT molecular complexity index is 400. The molecule has 0 radical (unpaired) electrons. The van der Waals surface area contributed by atoms with E-state index in [2.05, 4.69) is 20.9 Å². The molecule has 15 heavy (non-hydrogen) atoms. The summed E-state index contributed by atoms with van der Waals surface area (Å²) in [6.45, 7) is 0. The average Bonchev–Trinajstić information content (AvgIpc) is 2.15. The van der Waals surface area contributed by atoms with Gasteiger partial charge in [0.15, 0.2) is 0 Å². The highest BCUT2D eigenvalue weighted by Crippen LogP contribution is 2.28. The van der Waals surface area contributed by atoms with Crippen LogP contribution in [0.3, 0.4) is 0 Å². The molecule has 82 valence electrons. The second kappa shape index (κ2) is 5.15. The molecule has 0 amide bonds. The van der Waals surface area contributed by atoms with Crippen LogP contribution >= 0.6 is 38.5 Å². The number of hydrogen-bond acceptors (Lipinski definition) is 2. The molecule has 0 aliphatic heterocycles. The molecule has 3 nitrogen and oxygen atoms in total. The van der Waals surface area contributed by atoms with E-state index in [4.69, 9.17) is 5.11 Å². The highest BCUT2D eigenvalue weighted by atomic mass is 127. The van der Waals surface area contributed by atoms with Crippen molar-refractivity contribution in [3.05, 3.63) is 26.6 Å². The molecule has 0 fully saturated rings. The SMILES string of the molecule is O=C(O)c1c(I)cnc(C(F)F)c1CBr. The van der Waals surface area contributed by atoms with Gasteiger partial charge in [-0.05, 0) is 22.6 Å². The fourth-order valence-electron chi connectivity index (χ4n) is 1.10. The molecule has 0 saturated heterocycles. The van der Waals surface area contributed by atoms with Crippen molar-refractivity contribution in [1.29, 1.82) is 0 Å². The zero-order valence-corrected chi connectivity index (χ0v) is 10.9. The Labute approximate surface area is 106 Å². The zero-order valence-electron chi connectivity index (χ0n) is 7.18. The molecule has 0 aliphatic carbocycles. The van der Waals surface area contributed by atoms with E-state index >= 15 is 0 Å². The van der Waals surface area contributed by atoms with E-state index in [1.54, 1.807) is 22.6 Å². The van der Waals surface area contributed by atoms with Crippen molar-refractivity contribution in [2.24, 2.45) is 0 Å². The van der Waals surface area contributed by atoms with Crippen LogP contribution < -0.4 is 0 Å². The lowest BCUT2D eigenvalue weighted by molar-refractivity contribution is 0.0694. The number of hydrogen-bond donors (Lipinski definition) is 1. The van der Waals surface area contributed by atoms with Crippen LogP contribution in [0.1, 0.15) is 28.0 Å². The van der Waals surface area contributed by atoms with Gasteiger partial charge in [-0.2, -0.15) is 0 Å². The quantitative estimate of drug-likeness (QED) is 0.635. The first-order chi connectivity index (χ1) is 6.99. The van der Waals surface area contributed by atoms with E-state index in [-0.39, 0.29) is 16.5 Å². The predicted molar refractivity (Wildman–Crippen MR) is 61.5 cm³/mol. The molecule has 1 rings (SSSR count). The minimum atomic E-state index is -2.77. The van der Waals surface area contributed by atoms with Crippen LogP contribution in [0.25, 0.3) is 0 Å². The van der Waals surface area contributed by atoms with Gasteiger partial charge in [0, 0.05) is 20.7 Å². The Balaban J connectivity index is 3.47. The molecule has 0 aromatic carbocycles. The van der Waals surface area contributed by atoms with Gasteiger partial charge in [0.05, 0.1) is 5.56 Å². The van der Waals surface area contributed by atoms with Crippen molar-refractivity contribution in [1.82, 2.24) is 4.98 Å². The van der Waals surface area contributed by atoms with Crippen molar-refractivity contribution in [3.8, 4) is 0 Å². The van der Waals surface area contributed by atoms with Gasteiger partial charge in [0.1, 0.15) is 5.69 Å². The van der Waals surface area contributed by atoms with Crippen molar-refractivity contribution in [3.63, 3.8) is 0 Å². The molecular weight excluding hydrogens is 387 g/mol. The van der Waals surface area contributed by atoms with Crippen LogP contribution in [-0.4, -0.2) is 16.1 Å². The van der Waals surface area contributed by atoms with Crippen LogP contribution in [0.4, 0.5) is 8.78 Å². The number of aromatic carboxylic acids is 1. The summed E-state index contributed by atoms with van der Waals surface area (Å²) in [5, 5.41) is 8.93. The predicted octanol–water partition coefficient (Wildman–Crippen LogP) is 3.22. The van der Waals surface area contributed by atoms with E-state index in [0.29, 0.717) is 3.57 Å². The molecule has 0 aliphatic rings. The number of carboxylic acids is 1. The Morgan fingerprint density at radius 2 is 2.27 bits per heavy atom. The van der Waals surface area contributed by atoms with Crippen molar-refractivity contribution in [2.45, 2.75) is 11.8 Å². The summed E-state index contributed by atoms with van der Waals surface area (Å²) >= 11 is 4.75. The second-order valence-corrected chi connectivity index (χ2v) is 4.31. The average molecular weight is 392 g/mol. The topological polar surface area (TPSA) is 50.2 Å². The van der Waals surface area contributed by atoms with Gasteiger partial charge in [-0.25, -0.2) is 13.6 Å². The van der Waals surface area contributed by atoms with Crippen molar-refractivity contribution < 1.29 is 18.7 Å². The van der Waals surface area contributed by atoms with Gasteiger partial charge in [-0.3, -0.25) is 4.98 Å². The first-order valence-corrected chi connectivity index (χ1v) is 5.93. The molecule has 1 N–H and O–H groups in total. The third-order valence-electron chi connectivity index (χ3n) is 1.72. The van der Waals surface area contributed by atoms with E-state index in [1.165, 1.54) is 0 Å². The molecule has 7 heteroatoms. The molecule has 0 spiro atoms. The monoisotopic (exact) mass is 391 g/mol. The van der Waals surface area contributed by atoms with Gasteiger partial charge in [-0.1, -0.05) is 15.9 Å². The summed E-state index contributed by atoms with van der Waals surface area (Å²) in [6.07, 6.45) is -1.63. The van der Waals surface area contributed by atoms with Crippen LogP contribution in [0.2, 0.25) is 0 Å². The minimum absolute atomic E-state index is 0.0319. The van der Waals surface area contributed by atoms with Crippen LogP contribution in [-0.2, 0) is 5.33 Å². The van der Waals surface area contributed by atoms with Gasteiger partial charge in [0.25, 0.3) is 6.43 Å². The number of carbonyl (C=O) groups is 1. The van der Waals surface area contributed by atoms with E-state index < -0.39 is 18.1 Å². The van der Waals surface area contributed by atoms with Gasteiger partial charge < -0.3 is 5.11 Å².